The first kappa shape index (κ1) is 19.7. The standard InChI is InChI=1S/C17H16ClNO6S/c1-19(26(2,23)24)13-6-3-11(4-7-13)16(21)10-25-17(22)14-9-12(18)5-8-15(14)20/h3-9,20H,10H2,1-2H3. The lowest BCUT2D eigenvalue weighted by Gasteiger charge is -2.16. The van der Waals surface area contributed by atoms with E-state index in [4.69, 9.17) is 16.3 Å². The van der Waals surface area contributed by atoms with E-state index in [9.17, 15) is 23.1 Å². The molecule has 0 fully saturated rings. The van der Waals surface area contributed by atoms with Crippen molar-refractivity contribution in [3.8, 4) is 5.75 Å². The van der Waals surface area contributed by atoms with Gasteiger partial charge < -0.3 is 9.84 Å². The highest BCUT2D eigenvalue weighted by molar-refractivity contribution is 7.92. The van der Waals surface area contributed by atoms with E-state index in [-0.39, 0.29) is 21.9 Å². The third-order valence-electron chi connectivity index (χ3n) is 3.56. The molecule has 0 spiro atoms. The van der Waals surface area contributed by atoms with Crippen molar-refractivity contribution in [3.63, 3.8) is 0 Å². The van der Waals surface area contributed by atoms with Gasteiger partial charge in [0.15, 0.2) is 12.4 Å². The number of hydrogen-bond acceptors (Lipinski definition) is 6. The molecule has 0 aromatic heterocycles. The van der Waals surface area contributed by atoms with E-state index in [2.05, 4.69) is 0 Å². The number of esters is 1. The lowest BCUT2D eigenvalue weighted by molar-refractivity contribution is 0.0472. The van der Waals surface area contributed by atoms with Crippen LogP contribution in [-0.2, 0) is 14.8 Å². The first-order chi connectivity index (χ1) is 12.1. The zero-order valence-electron chi connectivity index (χ0n) is 14.0. The maximum Gasteiger partial charge on any atom is 0.342 e. The number of benzene rings is 2. The van der Waals surface area contributed by atoms with Crippen molar-refractivity contribution in [1.82, 2.24) is 0 Å². The third-order valence-corrected chi connectivity index (χ3v) is 5.00. The van der Waals surface area contributed by atoms with Gasteiger partial charge in [-0.05, 0) is 42.5 Å². The number of hydrogen-bond donors (Lipinski definition) is 1. The zero-order valence-corrected chi connectivity index (χ0v) is 15.5. The quantitative estimate of drug-likeness (QED) is 0.593. The van der Waals surface area contributed by atoms with Crippen molar-refractivity contribution in [2.45, 2.75) is 0 Å². The fourth-order valence-electron chi connectivity index (χ4n) is 2.01. The van der Waals surface area contributed by atoms with Gasteiger partial charge in [0.1, 0.15) is 11.3 Å². The Morgan fingerprint density at radius 2 is 1.77 bits per heavy atom. The van der Waals surface area contributed by atoms with E-state index in [1.807, 2.05) is 0 Å². The number of sulfonamides is 1. The summed E-state index contributed by atoms with van der Waals surface area (Å²) in [6.07, 6.45) is 1.07. The molecule has 0 saturated carbocycles. The number of halogens is 1. The number of phenols is 1. The first-order valence-corrected chi connectivity index (χ1v) is 9.55. The van der Waals surface area contributed by atoms with E-state index < -0.39 is 28.4 Å². The van der Waals surface area contributed by atoms with E-state index in [0.717, 1.165) is 10.6 Å². The van der Waals surface area contributed by atoms with Crippen molar-refractivity contribution in [1.29, 1.82) is 0 Å². The number of carbonyl (C=O) groups excluding carboxylic acids is 2. The molecule has 0 saturated heterocycles. The fraction of sp³-hybridized carbons (Fsp3) is 0.176. The molecule has 2 aromatic carbocycles. The summed E-state index contributed by atoms with van der Waals surface area (Å²) in [5.74, 6) is -1.67. The average Bonchev–Trinajstić information content (AvgIpc) is 2.60. The lowest BCUT2D eigenvalue weighted by Crippen LogP contribution is -2.24. The van der Waals surface area contributed by atoms with Gasteiger partial charge >= 0.3 is 5.97 Å². The van der Waals surface area contributed by atoms with Crippen molar-refractivity contribution in [3.05, 3.63) is 58.6 Å². The van der Waals surface area contributed by atoms with Crippen molar-refractivity contribution < 1.29 is 27.9 Å². The average molecular weight is 398 g/mol. The van der Waals surface area contributed by atoms with E-state index in [0.29, 0.717) is 5.69 Å². The second kappa shape index (κ2) is 7.76. The molecule has 0 aliphatic rings. The summed E-state index contributed by atoms with van der Waals surface area (Å²) in [5.41, 5.74) is 0.499. The van der Waals surface area contributed by atoms with Crippen LogP contribution in [0, 0.1) is 0 Å². The minimum atomic E-state index is -3.40. The molecule has 0 aliphatic heterocycles. The van der Waals surface area contributed by atoms with Gasteiger partial charge in [-0.25, -0.2) is 13.2 Å². The van der Waals surface area contributed by atoms with Gasteiger partial charge in [-0.3, -0.25) is 9.10 Å². The predicted molar refractivity (Wildman–Crippen MR) is 97.4 cm³/mol. The Morgan fingerprint density at radius 3 is 2.35 bits per heavy atom. The Labute approximate surface area is 155 Å². The molecule has 0 heterocycles. The summed E-state index contributed by atoms with van der Waals surface area (Å²) in [6, 6.07) is 9.71. The molecular formula is C17H16ClNO6S. The molecule has 0 bridgehead atoms. The van der Waals surface area contributed by atoms with Crippen molar-refractivity contribution in [2.75, 3.05) is 24.2 Å². The number of aromatic hydroxyl groups is 1. The minimum absolute atomic E-state index is 0.143. The summed E-state index contributed by atoms with van der Waals surface area (Å²) in [7, 11) is -2.01. The summed E-state index contributed by atoms with van der Waals surface area (Å²) >= 11 is 5.76. The van der Waals surface area contributed by atoms with Crippen LogP contribution < -0.4 is 4.31 Å². The molecule has 0 aliphatic carbocycles. The molecular weight excluding hydrogens is 382 g/mol. The molecule has 2 rings (SSSR count). The SMILES string of the molecule is CN(c1ccc(C(=O)COC(=O)c2cc(Cl)ccc2O)cc1)S(C)(=O)=O. The van der Waals surface area contributed by atoms with Gasteiger partial charge in [-0.15, -0.1) is 0 Å². The van der Waals surface area contributed by atoms with Gasteiger partial charge in [-0.1, -0.05) is 11.6 Å². The van der Waals surface area contributed by atoms with Crippen LogP contribution in [0.15, 0.2) is 42.5 Å². The second-order valence-electron chi connectivity index (χ2n) is 5.44. The maximum atomic E-state index is 12.1. The number of ether oxygens (including phenoxy) is 1. The van der Waals surface area contributed by atoms with E-state index >= 15 is 0 Å². The third kappa shape index (κ3) is 4.74. The fourth-order valence-corrected chi connectivity index (χ4v) is 2.69. The van der Waals surface area contributed by atoms with Gasteiger partial charge in [0.2, 0.25) is 10.0 Å². The minimum Gasteiger partial charge on any atom is -0.507 e. The summed E-state index contributed by atoms with van der Waals surface area (Å²) < 4.78 is 28.9. The molecule has 0 unspecified atom stereocenters. The number of Topliss-reactive ketones (excluding diaryl/α,β-unsaturated/α-hetero) is 1. The first-order valence-electron chi connectivity index (χ1n) is 7.32. The summed E-state index contributed by atoms with van der Waals surface area (Å²) in [5, 5.41) is 9.88. The topological polar surface area (TPSA) is 101 Å². The Morgan fingerprint density at radius 1 is 1.15 bits per heavy atom. The normalized spacial score (nSPS) is 11.0. The number of phenolic OH excluding ortho intramolecular Hbond substituents is 1. The lowest BCUT2D eigenvalue weighted by atomic mass is 10.1. The molecule has 1 N–H and O–H groups in total. The van der Waals surface area contributed by atoms with Gasteiger partial charge in [0, 0.05) is 17.6 Å². The molecule has 2 aromatic rings. The smallest absolute Gasteiger partial charge is 0.342 e. The highest BCUT2D eigenvalue weighted by Gasteiger charge is 2.17. The Bertz CT molecular complexity index is 940. The Balaban J connectivity index is 2.04. The van der Waals surface area contributed by atoms with E-state index in [1.165, 1.54) is 49.5 Å². The Kier molecular flexibility index (Phi) is 5.89. The van der Waals surface area contributed by atoms with Crippen LogP contribution in [0.4, 0.5) is 5.69 Å². The van der Waals surface area contributed by atoms with Crippen LogP contribution in [0.3, 0.4) is 0 Å². The molecule has 0 atom stereocenters. The van der Waals surface area contributed by atoms with Gasteiger partial charge in [-0.2, -0.15) is 0 Å². The monoisotopic (exact) mass is 397 g/mol. The maximum absolute atomic E-state index is 12.1. The predicted octanol–water partition coefficient (Wildman–Crippen LogP) is 2.48. The van der Waals surface area contributed by atoms with Crippen molar-refractivity contribution in [2.24, 2.45) is 0 Å². The van der Waals surface area contributed by atoms with Crippen LogP contribution in [0.25, 0.3) is 0 Å². The second-order valence-corrected chi connectivity index (χ2v) is 7.89. The van der Waals surface area contributed by atoms with E-state index in [1.54, 1.807) is 0 Å². The largest absolute Gasteiger partial charge is 0.507 e. The molecule has 26 heavy (non-hydrogen) atoms. The zero-order chi connectivity index (χ0) is 19.5. The molecule has 0 radical (unpaired) electrons. The number of nitrogens with zero attached hydrogens (tertiary/aromatic N) is 1. The van der Waals surface area contributed by atoms with Crippen LogP contribution in [0.1, 0.15) is 20.7 Å². The van der Waals surface area contributed by atoms with Crippen molar-refractivity contribution >= 4 is 39.1 Å². The molecule has 0 amide bonds. The molecule has 138 valence electrons. The summed E-state index contributed by atoms with van der Waals surface area (Å²) in [4.78, 5) is 24.1. The number of carbonyl (C=O) groups is 2. The number of anilines is 1. The van der Waals surface area contributed by atoms with Crippen LogP contribution in [0.5, 0.6) is 5.75 Å². The highest BCUT2D eigenvalue weighted by Crippen LogP contribution is 2.22. The number of ketones is 1. The van der Waals surface area contributed by atoms with Crippen LogP contribution in [-0.4, -0.2) is 45.2 Å². The summed E-state index contributed by atoms with van der Waals surface area (Å²) in [6.45, 7) is -0.536. The Hall–Kier alpha value is -2.58. The molecule has 9 heteroatoms. The van der Waals surface area contributed by atoms with Crippen LogP contribution >= 0.6 is 11.6 Å². The molecule has 7 nitrogen and oxygen atoms in total. The van der Waals surface area contributed by atoms with Gasteiger partial charge in [0.05, 0.1) is 11.9 Å². The van der Waals surface area contributed by atoms with Crippen LogP contribution in [0.2, 0.25) is 5.02 Å². The number of rotatable bonds is 6. The highest BCUT2D eigenvalue weighted by atomic mass is 35.5. The van der Waals surface area contributed by atoms with Gasteiger partial charge in [0.25, 0.3) is 0 Å².